The van der Waals surface area contributed by atoms with E-state index in [1.54, 1.807) is 30.3 Å². The molecule has 1 saturated heterocycles. The summed E-state index contributed by atoms with van der Waals surface area (Å²) in [6.07, 6.45) is -1.45. The lowest BCUT2D eigenvalue weighted by molar-refractivity contribution is -0.151. The van der Waals surface area contributed by atoms with E-state index in [9.17, 15) is 29.4 Å². The Morgan fingerprint density at radius 1 is 1.32 bits per heavy atom. The second-order valence-electron chi connectivity index (χ2n) is 7.22. The van der Waals surface area contributed by atoms with Crippen LogP contribution in [0.4, 0.5) is 0 Å². The van der Waals surface area contributed by atoms with E-state index in [0.717, 1.165) is 16.7 Å². The van der Waals surface area contributed by atoms with Gasteiger partial charge in [0.05, 0.1) is 7.11 Å². The molecular weight excluding hydrogens is 486 g/mol. The molecule has 0 bridgehead atoms. The molecule has 2 amide bonds. The molecule has 0 spiro atoms. The number of nitrogens with zero attached hydrogens (tertiary/aromatic N) is 3. The van der Waals surface area contributed by atoms with Gasteiger partial charge >= 0.3 is 11.9 Å². The molecule has 34 heavy (non-hydrogen) atoms. The average molecular weight is 506 g/mol. The normalized spacial score (nSPS) is 20.3. The molecule has 12 nitrogen and oxygen atoms in total. The number of H-pyrrole nitrogens is 1. The number of amides is 2. The van der Waals surface area contributed by atoms with E-state index in [2.05, 4.69) is 25.5 Å². The van der Waals surface area contributed by atoms with Crippen molar-refractivity contribution >= 4 is 47.3 Å². The predicted molar refractivity (Wildman–Crippen MR) is 120 cm³/mol. The van der Waals surface area contributed by atoms with E-state index in [-0.39, 0.29) is 27.9 Å². The van der Waals surface area contributed by atoms with Crippen molar-refractivity contribution in [2.24, 2.45) is 0 Å². The smallest absolute Gasteiger partial charge is 0.361 e. The van der Waals surface area contributed by atoms with Crippen LogP contribution in [0.1, 0.15) is 22.2 Å². The van der Waals surface area contributed by atoms with Crippen molar-refractivity contribution in [3.8, 4) is 0 Å². The molecular formula is C20H19N5O7S2. The number of thioether (sulfide) groups is 2. The zero-order chi connectivity index (χ0) is 24.4. The van der Waals surface area contributed by atoms with Crippen LogP contribution in [0.25, 0.3) is 0 Å². The molecule has 1 fully saturated rings. The first-order valence-electron chi connectivity index (χ1n) is 9.88. The molecule has 3 heterocycles. The number of fused-ring (bicyclic) bond motifs is 1. The highest BCUT2D eigenvalue weighted by atomic mass is 32.2. The fraction of sp³-hybridized carbons (Fsp3) is 0.300. The number of hydrogen-bond donors (Lipinski definition) is 4. The molecule has 1 aromatic heterocycles. The van der Waals surface area contributed by atoms with Gasteiger partial charge in [-0.15, -0.1) is 22.0 Å². The molecule has 0 saturated carbocycles. The molecule has 2 aliphatic heterocycles. The molecule has 1 aromatic carbocycles. The van der Waals surface area contributed by atoms with Crippen molar-refractivity contribution in [1.29, 1.82) is 0 Å². The highest BCUT2D eigenvalue weighted by Gasteiger charge is 2.54. The van der Waals surface area contributed by atoms with E-state index >= 15 is 0 Å². The van der Waals surface area contributed by atoms with Crippen LogP contribution in [0, 0.1) is 0 Å². The highest BCUT2D eigenvalue weighted by Crippen LogP contribution is 2.41. The van der Waals surface area contributed by atoms with Crippen molar-refractivity contribution in [1.82, 2.24) is 25.6 Å². The summed E-state index contributed by atoms with van der Waals surface area (Å²) in [5, 5.41) is 32.2. The van der Waals surface area contributed by atoms with Crippen molar-refractivity contribution in [3.63, 3.8) is 0 Å². The maximum absolute atomic E-state index is 12.8. The summed E-state index contributed by atoms with van der Waals surface area (Å²) in [4.78, 5) is 50.1. The van der Waals surface area contributed by atoms with Gasteiger partial charge in [-0.05, 0) is 11.1 Å². The molecule has 178 valence electrons. The number of methoxy groups -OCH3 is 1. The van der Waals surface area contributed by atoms with Gasteiger partial charge in [-0.3, -0.25) is 14.5 Å². The Hall–Kier alpha value is -3.36. The van der Waals surface area contributed by atoms with E-state index in [0.29, 0.717) is 11.1 Å². The Kier molecular flexibility index (Phi) is 6.90. The molecule has 4 N–H and O–H groups in total. The number of β-lactam (4-membered cyclic amide) rings is 1. The van der Waals surface area contributed by atoms with Gasteiger partial charge in [0.25, 0.3) is 11.8 Å². The maximum atomic E-state index is 12.8. The zero-order valence-electron chi connectivity index (χ0n) is 17.6. The lowest BCUT2D eigenvalue weighted by atomic mass is 10.0. The number of aliphatic carboxylic acids is 1. The molecule has 0 aliphatic carbocycles. The first kappa shape index (κ1) is 23.8. The summed E-state index contributed by atoms with van der Waals surface area (Å²) in [6.45, 7) is 0. The summed E-state index contributed by atoms with van der Waals surface area (Å²) in [7, 11) is 1.21. The first-order chi connectivity index (χ1) is 16.3. The standard InChI is InChI=1S/C20H19N5O7S2/c1-32-20(31)11-16(23-24-22-11)33-7-10-8-34-18-12(17(28)25(18)13(10)19(29)30)21-15(27)14(26)9-5-3-2-4-6-9/h2-6,12,14,18,26H,7-8H2,1H3,(H,21,27)(H,29,30)(H,22,23,24)/t12?,14-,18-/m1/s1. The van der Waals surface area contributed by atoms with Gasteiger partial charge in [0.1, 0.15) is 17.1 Å². The predicted octanol–water partition coefficient (Wildman–Crippen LogP) is 0.156. The van der Waals surface area contributed by atoms with Gasteiger partial charge in [-0.2, -0.15) is 5.21 Å². The van der Waals surface area contributed by atoms with Crippen LogP contribution < -0.4 is 5.32 Å². The number of ether oxygens (including phenoxy) is 1. The number of aromatic amines is 1. The van der Waals surface area contributed by atoms with Crippen molar-refractivity contribution in [3.05, 3.63) is 52.9 Å². The van der Waals surface area contributed by atoms with E-state index in [1.807, 2.05) is 0 Å². The Morgan fingerprint density at radius 2 is 2.06 bits per heavy atom. The molecule has 1 unspecified atom stereocenters. The number of aliphatic hydroxyl groups excluding tert-OH is 1. The number of aliphatic hydroxyl groups is 1. The van der Waals surface area contributed by atoms with Crippen LogP contribution in [0.3, 0.4) is 0 Å². The number of rotatable bonds is 8. The molecule has 14 heteroatoms. The minimum Gasteiger partial charge on any atom is -0.477 e. The summed E-state index contributed by atoms with van der Waals surface area (Å²) in [6, 6.07) is 7.31. The SMILES string of the molecule is COC(=O)c1n[nH]nc1SCC1=C(C(=O)O)N2C(=O)C(NC(=O)[C@H](O)c3ccccc3)[C@H]2SC1. The summed E-state index contributed by atoms with van der Waals surface area (Å²) in [5.41, 5.74) is 0.647. The van der Waals surface area contributed by atoms with Crippen molar-refractivity contribution in [2.75, 3.05) is 18.6 Å². The zero-order valence-corrected chi connectivity index (χ0v) is 19.3. The second kappa shape index (κ2) is 9.87. The van der Waals surface area contributed by atoms with Crippen molar-refractivity contribution in [2.45, 2.75) is 22.5 Å². The minimum absolute atomic E-state index is 0.0221. The summed E-state index contributed by atoms with van der Waals surface area (Å²) in [5.74, 6) is -2.86. The van der Waals surface area contributed by atoms with E-state index in [4.69, 9.17) is 0 Å². The number of nitrogens with one attached hydrogen (secondary N) is 2. The van der Waals surface area contributed by atoms with Crippen molar-refractivity contribution < 1.29 is 34.1 Å². The third kappa shape index (κ3) is 4.38. The van der Waals surface area contributed by atoms with Gasteiger partial charge in [0, 0.05) is 11.5 Å². The number of esters is 1. The van der Waals surface area contributed by atoms with Crippen LogP contribution in [0.15, 0.2) is 46.6 Å². The number of carbonyl (C=O) groups excluding carboxylic acids is 3. The number of carboxylic acid groups (broad SMARTS) is 1. The van der Waals surface area contributed by atoms with Crippen LogP contribution in [0.2, 0.25) is 0 Å². The highest BCUT2D eigenvalue weighted by molar-refractivity contribution is 8.01. The van der Waals surface area contributed by atoms with Crippen LogP contribution >= 0.6 is 23.5 Å². The lowest BCUT2D eigenvalue weighted by Gasteiger charge is -2.49. The third-order valence-electron chi connectivity index (χ3n) is 5.19. The van der Waals surface area contributed by atoms with Gasteiger partial charge in [0.2, 0.25) is 5.69 Å². The largest absolute Gasteiger partial charge is 0.477 e. The van der Waals surface area contributed by atoms with Gasteiger partial charge in [-0.1, -0.05) is 42.1 Å². The maximum Gasteiger partial charge on any atom is 0.361 e. The van der Waals surface area contributed by atoms with E-state index in [1.165, 1.54) is 18.9 Å². The number of carbonyl (C=O) groups is 4. The molecule has 0 radical (unpaired) electrons. The topological polar surface area (TPSA) is 175 Å². The molecule has 3 atom stereocenters. The van der Waals surface area contributed by atoms with Gasteiger partial charge in [0.15, 0.2) is 11.1 Å². The first-order valence-corrected chi connectivity index (χ1v) is 11.9. The summed E-state index contributed by atoms with van der Waals surface area (Å²) < 4.78 is 4.64. The Morgan fingerprint density at radius 3 is 2.74 bits per heavy atom. The van der Waals surface area contributed by atoms with E-state index < -0.39 is 41.3 Å². The van der Waals surface area contributed by atoms with Gasteiger partial charge < -0.3 is 20.3 Å². The minimum atomic E-state index is -1.45. The average Bonchev–Trinajstić information content (AvgIpc) is 3.33. The van der Waals surface area contributed by atoms with Crippen LogP contribution in [-0.2, 0) is 19.1 Å². The monoisotopic (exact) mass is 505 g/mol. The number of hydrogen-bond acceptors (Lipinski definition) is 10. The molecule has 2 aliphatic rings. The number of carboxylic acids is 1. The fourth-order valence-corrected chi connectivity index (χ4v) is 5.92. The fourth-order valence-electron chi connectivity index (χ4n) is 3.52. The quantitative estimate of drug-likeness (QED) is 0.218. The summed E-state index contributed by atoms with van der Waals surface area (Å²) >= 11 is 2.38. The molecule has 2 aromatic rings. The van der Waals surface area contributed by atoms with Crippen LogP contribution in [0.5, 0.6) is 0 Å². The van der Waals surface area contributed by atoms with Gasteiger partial charge in [-0.25, -0.2) is 9.59 Å². The Bertz CT molecular complexity index is 1170. The third-order valence-corrected chi connectivity index (χ3v) is 7.58. The van der Waals surface area contributed by atoms with Crippen LogP contribution in [-0.4, -0.2) is 84.3 Å². The Labute approximate surface area is 201 Å². The second-order valence-corrected chi connectivity index (χ2v) is 9.29. The molecule has 4 rings (SSSR count). The lowest BCUT2D eigenvalue weighted by Crippen LogP contribution is -2.70. The number of benzene rings is 1. The number of aromatic nitrogens is 3. The Balaban J connectivity index is 1.46.